The first-order valence-electron chi connectivity index (χ1n) is 5.75. The van der Waals surface area contributed by atoms with Gasteiger partial charge in [-0.3, -0.25) is 0 Å². The second-order valence-electron chi connectivity index (χ2n) is 3.64. The first-order valence-corrected chi connectivity index (χ1v) is 5.75. The van der Waals surface area contributed by atoms with Crippen LogP contribution in [-0.4, -0.2) is 13.7 Å². The molecule has 0 spiro atoms. The van der Waals surface area contributed by atoms with Gasteiger partial charge in [0.25, 0.3) is 0 Å². The number of para-hydroxylation sites is 1. The lowest BCUT2D eigenvalue weighted by atomic mass is 10.1. The maximum absolute atomic E-state index is 5.80. The van der Waals surface area contributed by atoms with Gasteiger partial charge in [0, 0.05) is 7.05 Å². The second-order valence-corrected chi connectivity index (χ2v) is 3.64. The van der Waals surface area contributed by atoms with E-state index in [2.05, 4.69) is 37.4 Å². The Kier molecular flexibility index (Phi) is 5.02. The average molecular weight is 207 g/mol. The molecular formula is C13H21NO. The normalized spacial score (nSPS) is 10.1. The molecule has 0 saturated heterocycles. The van der Waals surface area contributed by atoms with Crippen molar-refractivity contribution >= 4 is 5.69 Å². The zero-order chi connectivity index (χ0) is 11.1. The van der Waals surface area contributed by atoms with Crippen molar-refractivity contribution in [2.45, 2.75) is 33.1 Å². The molecule has 0 aromatic heterocycles. The van der Waals surface area contributed by atoms with Crippen LogP contribution in [-0.2, 0) is 6.42 Å². The number of benzene rings is 1. The summed E-state index contributed by atoms with van der Waals surface area (Å²) in [6, 6.07) is 6.29. The van der Waals surface area contributed by atoms with Gasteiger partial charge in [-0.2, -0.15) is 0 Å². The molecule has 0 amide bonds. The van der Waals surface area contributed by atoms with E-state index < -0.39 is 0 Å². The van der Waals surface area contributed by atoms with E-state index in [-0.39, 0.29) is 0 Å². The summed E-state index contributed by atoms with van der Waals surface area (Å²) in [6.07, 6.45) is 3.27. The van der Waals surface area contributed by atoms with Crippen LogP contribution in [0.15, 0.2) is 18.2 Å². The molecule has 1 rings (SSSR count). The minimum Gasteiger partial charge on any atom is -0.491 e. The molecular weight excluding hydrogens is 186 g/mol. The number of anilines is 1. The largest absolute Gasteiger partial charge is 0.491 e. The third-order valence-electron chi connectivity index (χ3n) is 2.34. The Balaban J connectivity index is 2.92. The van der Waals surface area contributed by atoms with Gasteiger partial charge in [-0.25, -0.2) is 0 Å². The van der Waals surface area contributed by atoms with Gasteiger partial charge in [0.05, 0.1) is 12.3 Å². The zero-order valence-electron chi connectivity index (χ0n) is 9.97. The van der Waals surface area contributed by atoms with Gasteiger partial charge in [-0.05, 0) is 24.5 Å². The molecule has 0 atom stereocenters. The quantitative estimate of drug-likeness (QED) is 0.771. The molecule has 84 valence electrons. The molecule has 0 fully saturated rings. The van der Waals surface area contributed by atoms with E-state index >= 15 is 0 Å². The van der Waals surface area contributed by atoms with Crippen molar-refractivity contribution in [2.75, 3.05) is 19.0 Å². The Bertz CT molecular complexity index is 297. The number of nitrogens with one attached hydrogen (secondary N) is 1. The predicted molar refractivity (Wildman–Crippen MR) is 65.8 cm³/mol. The summed E-state index contributed by atoms with van der Waals surface area (Å²) in [5.74, 6) is 1.03. The summed E-state index contributed by atoms with van der Waals surface area (Å²) in [7, 11) is 1.93. The topological polar surface area (TPSA) is 21.3 Å². The van der Waals surface area contributed by atoms with E-state index in [4.69, 9.17) is 4.74 Å². The predicted octanol–water partition coefficient (Wildman–Crippen LogP) is 3.47. The van der Waals surface area contributed by atoms with E-state index in [0.717, 1.165) is 37.3 Å². The van der Waals surface area contributed by atoms with Crippen molar-refractivity contribution in [2.24, 2.45) is 0 Å². The van der Waals surface area contributed by atoms with Crippen LogP contribution in [0.1, 0.15) is 32.3 Å². The maximum atomic E-state index is 5.80. The van der Waals surface area contributed by atoms with E-state index in [1.54, 1.807) is 0 Å². The third-order valence-corrected chi connectivity index (χ3v) is 2.34. The van der Waals surface area contributed by atoms with Crippen LogP contribution in [0.3, 0.4) is 0 Å². The highest BCUT2D eigenvalue weighted by atomic mass is 16.5. The average Bonchev–Trinajstić information content (AvgIpc) is 2.27. The highest BCUT2D eigenvalue weighted by molar-refractivity contribution is 5.59. The molecule has 0 saturated carbocycles. The van der Waals surface area contributed by atoms with Crippen molar-refractivity contribution in [3.8, 4) is 5.75 Å². The standard InChI is InChI=1S/C13H21NO/c1-4-7-11-8-6-9-12(14-3)13(11)15-10-5-2/h6,8-9,14H,4-5,7,10H2,1-3H3. The molecule has 1 aromatic carbocycles. The minimum atomic E-state index is 0.787. The van der Waals surface area contributed by atoms with Gasteiger partial charge in [0.15, 0.2) is 0 Å². The maximum Gasteiger partial charge on any atom is 0.145 e. The Morgan fingerprint density at radius 1 is 1.20 bits per heavy atom. The van der Waals surface area contributed by atoms with Gasteiger partial charge in [0.1, 0.15) is 5.75 Å². The van der Waals surface area contributed by atoms with Crippen LogP contribution in [0.2, 0.25) is 0 Å². The molecule has 2 heteroatoms. The van der Waals surface area contributed by atoms with Crippen LogP contribution >= 0.6 is 0 Å². The van der Waals surface area contributed by atoms with Gasteiger partial charge in [-0.15, -0.1) is 0 Å². The van der Waals surface area contributed by atoms with Crippen LogP contribution in [0.5, 0.6) is 5.75 Å². The van der Waals surface area contributed by atoms with Crippen molar-refractivity contribution in [3.63, 3.8) is 0 Å². The molecule has 0 radical (unpaired) electrons. The number of aryl methyl sites for hydroxylation is 1. The highest BCUT2D eigenvalue weighted by Gasteiger charge is 2.07. The third kappa shape index (κ3) is 3.15. The summed E-state index contributed by atoms with van der Waals surface area (Å²) < 4.78 is 5.80. The fourth-order valence-electron chi connectivity index (χ4n) is 1.62. The fraction of sp³-hybridized carbons (Fsp3) is 0.538. The van der Waals surface area contributed by atoms with Crippen LogP contribution in [0.4, 0.5) is 5.69 Å². The summed E-state index contributed by atoms with van der Waals surface area (Å²) in [5, 5.41) is 3.18. The molecule has 0 aliphatic carbocycles. The molecule has 0 aliphatic rings. The minimum absolute atomic E-state index is 0.787. The van der Waals surface area contributed by atoms with Gasteiger partial charge in [-0.1, -0.05) is 32.4 Å². The van der Waals surface area contributed by atoms with E-state index in [0.29, 0.717) is 0 Å². The Morgan fingerprint density at radius 3 is 2.60 bits per heavy atom. The first-order chi connectivity index (χ1) is 7.33. The monoisotopic (exact) mass is 207 g/mol. The Hall–Kier alpha value is -1.18. The Labute approximate surface area is 92.6 Å². The van der Waals surface area contributed by atoms with E-state index in [9.17, 15) is 0 Å². The molecule has 0 aliphatic heterocycles. The van der Waals surface area contributed by atoms with Crippen LogP contribution < -0.4 is 10.1 Å². The van der Waals surface area contributed by atoms with Crippen molar-refractivity contribution in [1.29, 1.82) is 0 Å². The molecule has 0 heterocycles. The number of ether oxygens (including phenoxy) is 1. The number of rotatable bonds is 6. The molecule has 0 bridgehead atoms. The van der Waals surface area contributed by atoms with Crippen LogP contribution in [0.25, 0.3) is 0 Å². The summed E-state index contributed by atoms with van der Waals surface area (Å²) in [5.41, 5.74) is 2.40. The van der Waals surface area contributed by atoms with Crippen molar-refractivity contribution < 1.29 is 4.74 Å². The molecule has 0 unspecified atom stereocenters. The zero-order valence-corrected chi connectivity index (χ0v) is 9.97. The second kappa shape index (κ2) is 6.33. The number of hydrogen-bond donors (Lipinski definition) is 1. The van der Waals surface area contributed by atoms with Gasteiger partial charge >= 0.3 is 0 Å². The summed E-state index contributed by atoms with van der Waals surface area (Å²) >= 11 is 0. The van der Waals surface area contributed by atoms with Crippen molar-refractivity contribution in [1.82, 2.24) is 0 Å². The first kappa shape index (κ1) is 11.9. The lowest BCUT2D eigenvalue weighted by molar-refractivity contribution is 0.315. The summed E-state index contributed by atoms with van der Waals surface area (Å²) in [4.78, 5) is 0. The number of hydrogen-bond acceptors (Lipinski definition) is 2. The molecule has 2 nitrogen and oxygen atoms in total. The van der Waals surface area contributed by atoms with Crippen molar-refractivity contribution in [3.05, 3.63) is 23.8 Å². The van der Waals surface area contributed by atoms with Gasteiger partial charge < -0.3 is 10.1 Å². The SMILES string of the molecule is CCCOc1c(CCC)cccc1NC. The lowest BCUT2D eigenvalue weighted by Crippen LogP contribution is -2.02. The smallest absolute Gasteiger partial charge is 0.145 e. The van der Waals surface area contributed by atoms with E-state index in [1.807, 2.05) is 7.05 Å². The van der Waals surface area contributed by atoms with E-state index in [1.165, 1.54) is 5.56 Å². The molecule has 1 aromatic rings. The molecule has 15 heavy (non-hydrogen) atoms. The lowest BCUT2D eigenvalue weighted by Gasteiger charge is -2.14. The fourth-order valence-corrected chi connectivity index (χ4v) is 1.62. The van der Waals surface area contributed by atoms with Crippen LogP contribution in [0, 0.1) is 0 Å². The summed E-state index contributed by atoms with van der Waals surface area (Å²) in [6.45, 7) is 5.10. The van der Waals surface area contributed by atoms with Gasteiger partial charge in [0.2, 0.25) is 0 Å². The Morgan fingerprint density at radius 2 is 2.00 bits per heavy atom. The highest BCUT2D eigenvalue weighted by Crippen LogP contribution is 2.29. The molecule has 1 N–H and O–H groups in total.